The summed E-state index contributed by atoms with van der Waals surface area (Å²) in [4.78, 5) is 25.9. The molecule has 1 aliphatic carbocycles. The molecule has 2 aromatic rings. The number of benzene rings is 1. The number of primary amides is 1. The molecule has 1 aliphatic rings. The number of anilines is 1. The molecule has 26 heavy (non-hydrogen) atoms. The molecule has 1 unspecified atom stereocenters. The Balaban J connectivity index is 1.94. The van der Waals surface area contributed by atoms with Gasteiger partial charge in [0.2, 0.25) is 0 Å². The number of thiophene rings is 1. The van der Waals surface area contributed by atoms with Crippen molar-refractivity contribution >= 4 is 28.2 Å². The van der Waals surface area contributed by atoms with Gasteiger partial charge in [-0.05, 0) is 42.9 Å². The van der Waals surface area contributed by atoms with Crippen LogP contribution >= 0.6 is 11.3 Å². The van der Waals surface area contributed by atoms with Crippen molar-refractivity contribution in [3.05, 3.63) is 39.8 Å². The summed E-state index contributed by atoms with van der Waals surface area (Å²) in [6.45, 7) is 2.19. The van der Waals surface area contributed by atoms with Gasteiger partial charge in [0.05, 0.1) is 25.3 Å². The maximum atomic E-state index is 12.8. The summed E-state index contributed by atoms with van der Waals surface area (Å²) in [7, 11) is 3.04. The number of carbonyl (C=O) groups excluding carboxylic acids is 2. The van der Waals surface area contributed by atoms with Crippen LogP contribution in [-0.4, -0.2) is 26.0 Å². The Bertz CT molecular complexity index is 859. The van der Waals surface area contributed by atoms with E-state index in [-0.39, 0.29) is 5.91 Å². The zero-order valence-corrected chi connectivity index (χ0v) is 15.9. The van der Waals surface area contributed by atoms with Crippen LogP contribution in [0.15, 0.2) is 18.2 Å². The van der Waals surface area contributed by atoms with Crippen LogP contribution in [0.4, 0.5) is 5.00 Å². The topological polar surface area (TPSA) is 90.6 Å². The predicted octanol–water partition coefficient (Wildman–Crippen LogP) is 3.24. The molecule has 1 atom stereocenters. The van der Waals surface area contributed by atoms with Crippen molar-refractivity contribution in [1.82, 2.24) is 0 Å². The highest BCUT2D eigenvalue weighted by Crippen LogP contribution is 2.40. The lowest BCUT2D eigenvalue weighted by Gasteiger charge is -2.18. The van der Waals surface area contributed by atoms with Gasteiger partial charge in [-0.25, -0.2) is 0 Å². The number of hydrogen-bond donors (Lipinski definition) is 2. The summed E-state index contributed by atoms with van der Waals surface area (Å²) in [6.07, 6.45) is 2.73. The van der Waals surface area contributed by atoms with Crippen LogP contribution in [0.2, 0.25) is 0 Å². The van der Waals surface area contributed by atoms with Gasteiger partial charge in [0.25, 0.3) is 11.8 Å². The van der Waals surface area contributed by atoms with Crippen molar-refractivity contribution in [2.75, 3.05) is 19.5 Å². The van der Waals surface area contributed by atoms with Gasteiger partial charge in [0.1, 0.15) is 16.5 Å². The van der Waals surface area contributed by atoms with E-state index < -0.39 is 5.91 Å². The molecule has 0 fully saturated rings. The number of nitrogens with one attached hydrogen (secondary N) is 1. The molecule has 0 aliphatic heterocycles. The zero-order valence-electron chi connectivity index (χ0n) is 15.0. The van der Waals surface area contributed by atoms with E-state index in [0.29, 0.717) is 33.5 Å². The molecule has 1 heterocycles. The average Bonchev–Trinajstić information content (AvgIpc) is 2.97. The van der Waals surface area contributed by atoms with Gasteiger partial charge in [0.15, 0.2) is 0 Å². The summed E-state index contributed by atoms with van der Waals surface area (Å²) >= 11 is 1.44. The van der Waals surface area contributed by atoms with Crippen LogP contribution in [-0.2, 0) is 12.8 Å². The van der Waals surface area contributed by atoms with Crippen LogP contribution in [0, 0.1) is 5.92 Å². The number of fused-ring (bicyclic) bond motifs is 1. The van der Waals surface area contributed by atoms with E-state index in [4.69, 9.17) is 15.2 Å². The number of carbonyl (C=O) groups is 2. The first-order valence-electron chi connectivity index (χ1n) is 8.42. The normalized spacial score (nSPS) is 15.9. The highest BCUT2D eigenvalue weighted by Gasteiger charge is 2.27. The third kappa shape index (κ3) is 3.39. The Morgan fingerprint density at radius 1 is 1.27 bits per heavy atom. The third-order valence-corrected chi connectivity index (χ3v) is 5.81. The second-order valence-corrected chi connectivity index (χ2v) is 7.55. The molecule has 0 radical (unpaired) electrons. The lowest BCUT2D eigenvalue weighted by Crippen LogP contribution is -2.19. The SMILES string of the molecule is COc1ccc(C(=O)Nc2sc3c(c2C(N)=O)CCC(C)C3)c(OC)c1. The monoisotopic (exact) mass is 374 g/mol. The average molecular weight is 374 g/mol. The van der Waals surface area contributed by atoms with Crippen molar-refractivity contribution in [3.8, 4) is 11.5 Å². The number of rotatable bonds is 5. The number of methoxy groups -OCH3 is 2. The molecule has 3 N–H and O–H groups in total. The van der Waals surface area contributed by atoms with Gasteiger partial charge >= 0.3 is 0 Å². The molecule has 0 bridgehead atoms. The first kappa shape index (κ1) is 18.3. The zero-order chi connectivity index (χ0) is 18.8. The number of nitrogens with two attached hydrogens (primary N) is 1. The van der Waals surface area contributed by atoms with E-state index in [9.17, 15) is 9.59 Å². The standard InChI is InChI=1S/C19H22N2O4S/c1-10-4-6-13-15(8-10)26-19(16(13)17(20)22)21-18(23)12-7-5-11(24-2)9-14(12)25-3/h5,7,9-10H,4,6,8H2,1-3H3,(H2,20,22)(H,21,23). The summed E-state index contributed by atoms with van der Waals surface area (Å²) in [5.74, 6) is 0.703. The van der Waals surface area contributed by atoms with Crippen molar-refractivity contribution in [2.24, 2.45) is 11.7 Å². The Morgan fingerprint density at radius 2 is 2.04 bits per heavy atom. The fourth-order valence-electron chi connectivity index (χ4n) is 3.26. The molecule has 0 saturated carbocycles. The van der Waals surface area contributed by atoms with Gasteiger partial charge in [-0.15, -0.1) is 11.3 Å². The Labute approximate surface area is 156 Å². The van der Waals surface area contributed by atoms with Crippen LogP contribution < -0.4 is 20.5 Å². The van der Waals surface area contributed by atoms with Gasteiger partial charge in [-0.1, -0.05) is 6.92 Å². The first-order valence-corrected chi connectivity index (χ1v) is 9.24. The van der Waals surface area contributed by atoms with Crippen molar-refractivity contribution in [2.45, 2.75) is 26.2 Å². The maximum Gasteiger partial charge on any atom is 0.260 e. The molecule has 7 heteroatoms. The highest BCUT2D eigenvalue weighted by atomic mass is 32.1. The highest BCUT2D eigenvalue weighted by molar-refractivity contribution is 7.17. The molecule has 2 amide bonds. The Morgan fingerprint density at radius 3 is 2.69 bits per heavy atom. The minimum Gasteiger partial charge on any atom is -0.497 e. The van der Waals surface area contributed by atoms with E-state index in [1.54, 1.807) is 25.3 Å². The second kappa shape index (κ2) is 7.37. The van der Waals surface area contributed by atoms with Crippen molar-refractivity contribution in [3.63, 3.8) is 0 Å². The molecule has 1 aromatic heterocycles. The van der Waals surface area contributed by atoms with Crippen LogP contribution in [0.5, 0.6) is 11.5 Å². The number of ether oxygens (including phenoxy) is 2. The van der Waals surface area contributed by atoms with E-state index in [0.717, 1.165) is 29.7 Å². The molecular formula is C19H22N2O4S. The molecule has 138 valence electrons. The third-order valence-electron chi connectivity index (χ3n) is 4.64. The van der Waals surface area contributed by atoms with E-state index >= 15 is 0 Å². The molecular weight excluding hydrogens is 352 g/mol. The number of hydrogen-bond acceptors (Lipinski definition) is 5. The van der Waals surface area contributed by atoms with Crippen molar-refractivity contribution in [1.29, 1.82) is 0 Å². The van der Waals surface area contributed by atoms with E-state index in [1.165, 1.54) is 18.4 Å². The molecule has 0 saturated heterocycles. The lowest BCUT2D eigenvalue weighted by molar-refractivity contribution is 0.1000. The summed E-state index contributed by atoms with van der Waals surface area (Å²) in [5.41, 5.74) is 7.39. The minimum atomic E-state index is -0.506. The summed E-state index contributed by atoms with van der Waals surface area (Å²) in [6, 6.07) is 4.96. The smallest absolute Gasteiger partial charge is 0.260 e. The van der Waals surface area contributed by atoms with Gasteiger partial charge < -0.3 is 20.5 Å². The van der Waals surface area contributed by atoms with E-state index in [2.05, 4.69) is 12.2 Å². The fourth-order valence-corrected chi connectivity index (χ4v) is 4.67. The fraction of sp³-hybridized carbons (Fsp3) is 0.368. The summed E-state index contributed by atoms with van der Waals surface area (Å²) < 4.78 is 10.4. The predicted molar refractivity (Wildman–Crippen MR) is 102 cm³/mol. The molecule has 0 spiro atoms. The van der Waals surface area contributed by atoms with Crippen LogP contribution in [0.25, 0.3) is 0 Å². The van der Waals surface area contributed by atoms with E-state index in [1.807, 2.05) is 0 Å². The number of amides is 2. The minimum absolute atomic E-state index is 0.348. The Hall–Kier alpha value is -2.54. The van der Waals surface area contributed by atoms with Gasteiger partial charge in [-0.3, -0.25) is 9.59 Å². The molecule has 3 rings (SSSR count). The first-order chi connectivity index (χ1) is 12.4. The second-order valence-electron chi connectivity index (χ2n) is 6.44. The Kier molecular flexibility index (Phi) is 5.18. The summed E-state index contributed by atoms with van der Waals surface area (Å²) in [5, 5.41) is 3.36. The van der Waals surface area contributed by atoms with Crippen molar-refractivity contribution < 1.29 is 19.1 Å². The lowest BCUT2D eigenvalue weighted by atomic mass is 9.88. The molecule has 1 aromatic carbocycles. The maximum absolute atomic E-state index is 12.8. The van der Waals surface area contributed by atoms with Crippen LogP contribution in [0.3, 0.4) is 0 Å². The van der Waals surface area contributed by atoms with Gasteiger partial charge in [-0.2, -0.15) is 0 Å². The van der Waals surface area contributed by atoms with Gasteiger partial charge in [0, 0.05) is 10.9 Å². The quantitative estimate of drug-likeness (QED) is 0.840. The van der Waals surface area contributed by atoms with Crippen LogP contribution in [0.1, 0.15) is 44.5 Å². The molecule has 6 nitrogen and oxygen atoms in total. The largest absolute Gasteiger partial charge is 0.497 e.